The molecule has 1 saturated heterocycles. The Morgan fingerprint density at radius 3 is 3.12 bits per heavy atom. The molecule has 1 aliphatic rings. The molecule has 1 amide bonds. The number of nitrogens with one attached hydrogen (secondary N) is 2. The average molecular weight is 239 g/mol. The van der Waals surface area contributed by atoms with Gasteiger partial charge in [0.1, 0.15) is 5.01 Å². The van der Waals surface area contributed by atoms with E-state index in [1.54, 1.807) is 11.3 Å². The van der Waals surface area contributed by atoms with Gasteiger partial charge in [-0.1, -0.05) is 0 Å². The first-order valence-corrected chi connectivity index (χ1v) is 6.42. The lowest BCUT2D eigenvalue weighted by molar-refractivity contribution is -0.119. The van der Waals surface area contributed by atoms with E-state index in [9.17, 15) is 4.79 Å². The van der Waals surface area contributed by atoms with E-state index in [1.165, 1.54) is 4.88 Å². The van der Waals surface area contributed by atoms with Crippen molar-refractivity contribution in [2.45, 2.75) is 38.8 Å². The molecule has 1 aromatic heterocycles. The average Bonchev–Trinajstić information content (AvgIpc) is 2.84. The first-order valence-electron chi connectivity index (χ1n) is 5.60. The second-order valence-electron chi connectivity index (χ2n) is 4.24. The molecule has 2 rings (SSSR count). The number of thiazole rings is 1. The second kappa shape index (κ2) is 4.93. The van der Waals surface area contributed by atoms with Crippen LogP contribution in [-0.2, 0) is 4.79 Å². The van der Waals surface area contributed by atoms with Crippen molar-refractivity contribution in [1.82, 2.24) is 15.6 Å². The minimum absolute atomic E-state index is 0.171. The Kier molecular flexibility index (Phi) is 3.56. The number of hydrogen-bond acceptors (Lipinski definition) is 4. The lowest BCUT2D eigenvalue weighted by Gasteiger charge is -2.15. The molecule has 16 heavy (non-hydrogen) atoms. The minimum atomic E-state index is 0.171. The highest BCUT2D eigenvalue weighted by Gasteiger charge is 2.21. The largest absolute Gasteiger partial charge is 0.352 e. The van der Waals surface area contributed by atoms with Crippen molar-refractivity contribution >= 4 is 17.2 Å². The number of carbonyl (C=O) groups excluding carboxylic acids is 1. The van der Waals surface area contributed by atoms with Crippen LogP contribution in [0, 0.1) is 6.92 Å². The molecular formula is C11H17N3OS. The summed E-state index contributed by atoms with van der Waals surface area (Å²) in [5.74, 6) is 0.171. The summed E-state index contributed by atoms with van der Waals surface area (Å²) >= 11 is 1.72. The van der Waals surface area contributed by atoms with Crippen LogP contribution in [0.1, 0.15) is 35.7 Å². The van der Waals surface area contributed by atoms with Crippen LogP contribution >= 0.6 is 11.3 Å². The summed E-state index contributed by atoms with van der Waals surface area (Å²) in [4.78, 5) is 16.6. The molecule has 1 fully saturated rings. The van der Waals surface area contributed by atoms with E-state index < -0.39 is 0 Å². The highest BCUT2D eigenvalue weighted by Crippen LogP contribution is 2.19. The third-order valence-corrected chi connectivity index (χ3v) is 3.86. The molecule has 4 nitrogen and oxygen atoms in total. The smallest absolute Gasteiger partial charge is 0.220 e. The van der Waals surface area contributed by atoms with Gasteiger partial charge in [0.15, 0.2) is 0 Å². The highest BCUT2D eigenvalue weighted by molar-refractivity contribution is 7.11. The molecule has 0 aliphatic carbocycles. The first-order chi connectivity index (χ1) is 7.65. The van der Waals surface area contributed by atoms with Crippen LogP contribution in [0.15, 0.2) is 6.20 Å². The van der Waals surface area contributed by atoms with Crippen LogP contribution in [0.2, 0.25) is 0 Å². The number of hydrogen-bond donors (Lipinski definition) is 2. The van der Waals surface area contributed by atoms with Gasteiger partial charge in [-0.15, -0.1) is 11.3 Å². The van der Waals surface area contributed by atoms with Crippen LogP contribution in [0.4, 0.5) is 0 Å². The van der Waals surface area contributed by atoms with E-state index in [1.807, 2.05) is 6.20 Å². The zero-order valence-electron chi connectivity index (χ0n) is 9.62. The molecule has 1 aliphatic heterocycles. The van der Waals surface area contributed by atoms with Crippen LogP contribution in [-0.4, -0.2) is 23.5 Å². The highest BCUT2D eigenvalue weighted by atomic mass is 32.1. The van der Waals surface area contributed by atoms with Crippen LogP contribution in [0.25, 0.3) is 0 Å². The third kappa shape index (κ3) is 2.80. The maximum absolute atomic E-state index is 11.0. The zero-order valence-corrected chi connectivity index (χ0v) is 10.4. The second-order valence-corrected chi connectivity index (χ2v) is 5.51. The molecule has 1 aromatic rings. The van der Waals surface area contributed by atoms with E-state index in [0.717, 1.165) is 18.0 Å². The maximum atomic E-state index is 11.0. The van der Waals surface area contributed by atoms with Gasteiger partial charge in [0.2, 0.25) is 5.91 Å². The number of aromatic nitrogens is 1. The van der Waals surface area contributed by atoms with E-state index >= 15 is 0 Å². The van der Waals surface area contributed by atoms with Gasteiger partial charge in [0.05, 0.1) is 6.04 Å². The molecular weight excluding hydrogens is 222 g/mol. The normalized spacial score (nSPS) is 22.1. The molecule has 2 unspecified atom stereocenters. The first kappa shape index (κ1) is 11.5. The summed E-state index contributed by atoms with van der Waals surface area (Å²) in [6.07, 6.45) is 3.50. The molecule has 0 spiro atoms. The van der Waals surface area contributed by atoms with Crippen molar-refractivity contribution < 1.29 is 4.79 Å². The molecule has 0 radical (unpaired) electrons. The standard InChI is InChI=1S/C11H17N3OS/c1-7-5-13-11(16-7)8(2)12-6-9-3-4-10(15)14-9/h5,8-9,12H,3-4,6H2,1-2H3,(H,14,15). The van der Waals surface area contributed by atoms with Crippen molar-refractivity contribution in [2.75, 3.05) is 6.54 Å². The lowest BCUT2D eigenvalue weighted by atomic mass is 10.2. The molecule has 2 atom stereocenters. The van der Waals surface area contributed by atoms with Crippen molar-refractivity contribution in [3.05, 3.63) is 16.1 Å². The van der Waals surface area contributed by atoms with E-state index in [0.29, 0.717) is 6.42 Å². The van der Waals surface area contributed by atoms with Gasteiger partial charge >= 0.3 is 0 Å². The van der Waals surface area contributed by atoms with E-state index in [-0.39, 0.29) is 18.0 Å². The Labute approximate surface area is 99.5 Å². The van der Waals surface area contributed by atoms with Crippen molar-refractivity contribution in [3.8, 4) is 0 Å². The molecule has 2 heterocycles. The topological polar surface area (TPSA) is 54.0 Å². The van der Waals surface area contributed by atoms with Crippen molar-refractivity contribution in [3.63, 3.8) is 0 Å². The number of nitrogens with zero attached hydrogens (tertiary/aromatic N) is 1. The quantitative estimate of drug-likeness (QED) is 0.834. The van der Waals surface area contributed by atoms with Crippen LogP contribution in [0.5, 0.6) is 0 Å². The van der Waals surface area contributed by atoms with Crippen molar-refractivity contribution in [1.29, 1.82) is 0 Å². The summed E-state index contributed by atoms with van der Waals surface area (Å²) in [5.41, 5.74) is 0. The molecule has 5 heteroatoms. The summed E-state index contributed by atoms with van der Waals surface area (Å²) in [7, 11) is 0. The van der Waals surface area contributed by atoms with Gasteiger partial charge in [0, 0.05) is 30.1 Å². The van der Waals surface area contributed by atoms with Crippen LogP contribution < -0.4 is 10.6 Å². The molecule has 0 aromatic carbocycles. The lowest BCUT2D eigenvalue weighted by Crippen LogP contribution is -2.36. The predicted octanol–water partition coefficient (Wildman–Crippen LogP) is 1.38. The molecule has 2 N–H and O–H groups in total. The van der Waals surface area contributed by atoms with Crippen molar-refractivity contribution in [2.24, 2.45) is 0 Å². The fourth-order valence-electron chi connectivity index (χ4n) is 1.81. The Balaban J connectivity index is 1.79. The third-order valence-electron chi connectivity index (χ3n) is 2.76. The summed E-state index contributed by atoms with van der Waals surface area (Å²) in [5, 5.41) is 7.47. The Morgan fingerprint density at radius 1 is 1.75 bits per heavy atom. The van der Waals surface area contributed by atoms with Gasteiger partial charge in [-0.05, 0) is 20.3 Å². The number of rotatable bonds is 4. The van der Waals surface area contributed by atoms with Gasteiger partial charge < -0.3 is 10.6 Å². The van der Waals surface area contributed by atoms with E-state index in [4.69, 9.17) is 0 Å². The van der Waals surface area contributed by atoms with Gasteiger partial charge in [-0.2, -0.15) is 0 Å². The minimum Gasteiger partial charge on any atom is -0.352 e. The monoisotopic (exact) mass is 239 g/mol. The Bertz CT molecular complexity index is 377. The fourth-order valence-corrected chi connectivity index (χ4v) is 2.61. The Morgan fingerprint density at radius 2 is 2.56 bits per heavy atom. The summed E-state index contributed by atoms with van der Waals surface area (Å²) < 4.78 is 0. The SMILES string of the molecule is Cc1cnc(C(C)NCC2CCC(=O)N2)s1. The van der Waals surface area contributed by atoms with E-state index in [2.05, 4.69) is 29.5 Å². The maximum Gasteiger partial charge on any atom is 0.220 e. The Hall–Kier alpha value is -0.940. The number of amides is 1. The van der Waals surface area contributed by atoms with Gasteiger partial charge in [-0.25, -0.2) is 4.98 Å². The number of carbonyl (C=O) groups is 1. The number of aryl methyl sites for hydroxylation is 1. The zero-order chi connectivity index (χ0) is 11.5. The fraction of sp³-hybridized carbons (Fsp3) is 0.636. The summed E-state index contributed by atoms with van der Waals surface area (Å²) in [6.45, 7) is 4.99. The molecule has 88 valence electrons. The van der Waals surface area contributed by atoms with Gasteiger partial charge in [0.25, 0.3) is 0 Å². The molecule has 0 bridgehead atoms. The van der Waals surface area contributed by atoms with Crippen LogP contribution in [0.3, 0.4) is 0 Å². The molecule has 0 saturated carbocycles. The predicted molar refractivity (Wildman–Crippen MR) is 64.4 cm³/mol. The summed E-state index contributed by atoms with van der Waals surface area (Å²) in [6, 6.07) is 0.548. The van der Waals surface area contributed by atoms with Gasteiger partial charge in [-0.3, -0.25) is 4.79 Å².